The second-order valence-electron chi connectivity index (χ2n) is 2.93. The minimum atomic E-state index is 0.528. The molecule has 0 fully saturated rings. The van der Waals surface area contributed by atoms with Crippen molar-refractivity contribution in [2.75, 3.05) is 0 Å². The van der Waals surface area contributed by atoms with Crippen LogP contribution in [0.5, 0.6) is 0 Å². The van der Waals surface area contributed by atoms with Gasteiger partial charge in [-0.3, -0.25) is 4.68 Å². The first-order chi connectivity index (χ1) is 7.22. The Morgan fingerprint density at radius 2 is 2.07 bits per heavy atom. The van der Waals surface area contributed by atoms with Crippen molar-refractivity contribution in [3.8, 4) is 0 Å². The number of aromatic nitrogens is 3. The summed E-state index contributed by atoms with van der Waals surface area (Å²) in [5, 5.41) is 5.82. The largest absolute Gasteiger partial charge is 0.263 e. The van der Waals surface area contributed by atoms with Crippen molar-refractivity contribution < 1.29 is 0 Å². The summed E-state index contributed by atoms with van der Waals surface area (Å²) >= 11 is 5.83. The highest BCUT2D eigenvalue weighted by atomic mass is 35.5. The van der Waals surface area contributed by atoms with Gasteiger partial charge in [0, 0.05) is 11.9 Å². The molecule has 0 unspecified atom stereocenters. The average Bonchev–Trinajstić information content (AvgIpc) is 2.63. The third kappa shape index (κ3) is 2.29. The van der Waals surface area contributed by atoms with Crippen molar-refractivity contribution in [3.63, 3.8) is 0 Å². The third-order valence-electron chi connectivity index (χ3n) is 2.06. The van der Waals surface area contributed by atoms with Crippen LogP contribution in [-0.2, 0) is 6.54 Å². The van der Waals surface area contributed by atoms with Crippen LogP contribution in [0.25, 0.3) is 10.9 Å². The fourth-order valence-corrected chi connectivity index (χ4v) is 1.76. The molecule has 2 rings (SSSR count). The summed E-state index contributed by atoms with van der Waals surface area (Å²) in [5.74, 6) is 0. The van der Waals surface area contributed by atoms with Crippen LogP contribution in [0.4, 0.5) is 0 Å². The summed E-state index contributed by atoms with van der Waals surface area (Å²) < 4.78 is 1.92. The Kier molecular flexibility index (Phi) is 4.09. The lowest BCUT2D eigenvalue weighted by atomic mass is 10.3. The molecule has 0 saturated heterocycles. The van der Waals surface area contributed by atoms with Crippen LogP contribution in [0.2, 0.25) is 5.15 Å². The average molecular weight is 226 g/mol. The van der Waals surface area contributed by atoms with Crippen molar-refractivity contribution in [1.82, 2.24) is 14.8 Å². The van der Waals surface area contributed by atoms with Crippen molar-refractivity contribution in [2.24, 2.45) is 0 Å². The molecule has 0 atom stereocenters. The standard InChI is InChI=1S/C9H10ClN3.C2H6/c1-3-13-9-6(2)12-8(10)4-7(9)5-11-13;1-2/h4-5H,3H2,1-2H3;1-2H3. The summed E-state index contributed by atoms with van der Waals surface area (Å²) in [7, 11) is 0. The predicted molar refractivity (Wildman–Crippen MR) is 64.3 cm³/mol. The number of fused-ring (bicyclic) bond motifs is 1. The molecular weight excluding hydrogens is 210 g/mol. The van der Waals surface area contributed by atoms with E-state index in [1.54, 1.807) is 0 Å². The maximum atomic E-state index is 5.83. The molecule has 0 N–H and O–H groups in total. The van der Waals surface area contributed by atoms with Crippen LogP contribution in [0, 0.1) is 6.92 Å². The van der Waals surface area contributed by atoms with Crippen LogP contribution in [0.1, 0.15) is 26.5 Å². The van der Waals surface area contributed by atoms with Crippen LogP contribution in [0.3, 0.4) is 0 Å². The zero-order chi connectivity index (χ0) is 11.4. The summed E-state index contributed by atoms with van der Waals surface area (Å²) in [5.41, 5.74) is 2.01. The summed E-state index contributed by atoms with van der Waals surface area (Å²) in [6.45, 7) is 8.86. The molecule has 0 saturated carbocycles. The second kappa shape index (κ2) is 5.12. The van der Waals surface area contributed by atoms with Gasteiger partial charge >= 0.3 is 0 Å². The second-order valence-corrected chi connectivity index (χ2v) is 3.32. The van der Waals surface area contributed by atoms with Gasteiger partial charge in [-0.2, -0.15) is 5.10 Å². The van der Waals surface area contributed by atoms with Gasteiger partial charge in [-0.05, 0) is 19.9 Å². The van der Waals surface area contributed by atoms with Gasteiger partial charge in [0.15, 0.2) is 0 Å². The van der Waals surface area contributed by atoms with Gasteiger partial charge in [-0.25, -0.2) is 4.98 Å². The first-order valence-corrected chi connectivity index (χ1v) is 5.59. The molecule has 0 aliphatic rings. The molecule has 4 heteroatoms. The number of hydrogen-bond acceptors (Lipinski definition) is 2. The molecule has 2 aromatic rings. The van der Waals surface area contributed by atoms with Crippen LogP contribution in [-0.4, -0.2) is 14.8 Å². The molecule has 0 radical (unpaired) electrons. The van der Waals surface area contributed by atoms with E-state index in [1.165, 1.54) is 0 Å². The number of rotatable bonds is 1. The molecule has 0 amide bonds. The van der Waals surface area contributed by atoms with E-state index in [-0.39, 0.29) is 0 Å². The monoisotopic (exact) mass is 225 g/mol. The van der Waals surface area contributed by atoms with E-state index in [4.69, 9.17) is 11.6 Å². The molecule has 15 heavy (non-hydrogen) atoms. The van der Waals surface area contributed by atoms with Crippen molar-refractivity contribution in [3.05, 3.63) is 23.1 Å². The smallest absolute Gasteiger partial charge is 0.130 e. The molecular formula is C11H16ClN3. The molecule has 3 nitrogen and oxygen atoms in total. The number of aryl methyl sites for hydroxylation is 2. The van der Waals surface area contributed by atoms with Crippen LogP contribution in [0.15, 0.2) is 12.3 Å². The highest BCUT2D eigenvalue weighted by Gasteiger charge is 2.06. The zero-order valence-corrected chi connectivity index (χ0v) is 10.3. The molecule has 2 aromatic heterocycles. The molecule has 0 aromatic carbocycles. The van der Waals surface area contributed by atoms with E-state index in [1.807, 2.05) is 37.7 Å². The lowest BCUT2D eigenvalue weighted by Crippen LogP contribution is -1.98. The summed E-state index contributed by atoms with van der Waals surface area (Å²) in [6, 6.07) is 1.84. The first-order valence-electron chi connectivity index (χ1n) is 5.21. The van der Waals surface area contributed by atoms with Crippen molar-refractivity contribution in [1.29, 1.82) is 0 Å². The molecule has 82 valence electrons. The number of hydrogen-bond donors (Lipinski definition) is 0. The fourth-order valence-electron chi connectivity index (χ4n) is 1.51. The van der Waals surface area contributed by atoms with Crippen molar-refractivity contribution in [2.45, 2.75) is 34.2 Å². The Bertz CT molecular complexity index is 448. The van der Waals surface area contributed by atoms with Gasteiger partial charge in [-0.1, -0.05) is 25.4 Å². The normalized spacial score (nSPS) is 9.93. The number of nitrogens with zero attached hydrogens (tertiary/aromatic N) is 3. The predicted octanol–water partition coefficient (Wildman–Crippen LogP) is 3.44. The van der Waals surface area contributed by atoms with Gasteiger partial charge < -0.3 is 0 Å². The Hall–Kier alpha value is -1.09. The van der Waals surface area contributed by atoms with Gasteiger partial charge in [-0.15, -0.1) is 0 Å². The molecule has 0 aliphatic heterocycles. The van der Waals surface area contributed by atoms with E-state index in [9.17, 15) is 0 Å². The Balaban J connectivity index is 0.000000531. The highest BCUT2D eigenvalue weighted by molar-refractivity contribution is 6.30. The number of halogens is 1. The minimum absolute atomic E-state index is 0.528. The lowest BCUT2D eigenvalue weighted by molar-refractivity contribution is 0.681. The maximum absolute atomic E-state index is 5.83. The zero-order valence-electron chi connectivity index (χ0n) is 9.58. The first kappa shape index (κ1) is 12.0. The SMILES string of the molecule is CC.CCn1ncc2cc(Cl)nc(C)c21. The lowest BCUT2D eigenvalue weighted by Gasteiger charge is -2.01. The third-order valence-corrected chi connectivity index (χ3v) is 2.25. The van der Waals surface area contributed by atoms with E-state index in [2.05, 4.69) is 17.0 Å². The molecule has 0 bridgehead atoms. The molecule has 0 aliphatic carbocycles. The molecule has 0 spiro atoms. The fraction of sp³-hybridized carbons (Fsp3) is 0.455. The van der Waals surface area contributed by atoms with Gasteiger partial charge in [0.05, 0.1) is 17.4 Å². The highest BCUT2D eigenvalue weighted by Crippen LogP contribution is 2.19. The van der Waals surface area contributed by atoms with E-state index >= 15 is 0 Å². The number of pyridine rings is 1. The van der Waals surface area contributed by atoms with E-state index < -0.39 is 0 Å². The van der Waals surface area contributed by atoms with E-state index in [0.717, 1.165) is 23.1 Å². The maximum Gasteiger partial charge on any atom is 0.130 e. The Morgan fingerprint density at radius 1 is 1.40 bits per heavy atom. The van der Waals surface area contributed by atoms with Crippen LogP contribution < -0.4 is 0 Å². The minimum Gasteiger partial charge on any atom is -0.263 e. The molecule has 2 heterocycles. The van der Waals surface area contributed by atoms with E-state index in [0.29, 0.717) is 5.15 Å². The van der Waals surface area contributed by atoms with Gasteiger partial charge in [0.2, 0.25) is 0 Å². The Labute approximate surface area is 95.1 Å². The summed E-state index contributed by atoms with van der Waals surface area (Å²) in [6.07, 6.45) is 1.82. The van der Waals surface area contributed by atoms with Crippen LogP contribution >= 0.6 is 11.6 Å². The quantitative estimate of drug-likeness (QED) is 0.696. The Morgan fingerprint density at radius 3 is 2.67 bits per heavy atom. The summed E-state index contributed by atoms with van der Waals surface area (Å²) in [4.78, 5) is 4.19. The van der Waals surface area contributed by atoms with Gasteiger partial charge in [0.1, 0.15) is 5.15 Å². The topological polar surface area (TPSA) is 30.7 Å². The van der Waals surface area contributed by atoms with Crippen molar-refractivity contribution >= 4 is 22.5 Å². The van der Waals surface area contributed by atoms with Gasteiger partial charge in [0.25, 0.3) is 0 Å².